The van der Waals surface area contributed by atoms with E-state index in [2.05, 4.69) is 10.2 Å². The summed E-state index contributed by atoms with van der Waals surface area (Å²) < 4.78 is 1.92. The van der Waals surface area contributed by atoms with Crippen molar-refractivity contribution in [3.8, 4) is 5.69 Å². The molecule has 5 nitrogen and oxygen atoms in total. The van der Waals surface area contributed by atoms with Crippen molar-refractivity contribution in [1.29, 1.82) is 0 Å². The number of rotatable bonds is 4. The lowest BCUT2D eigenvalue weighted by atomic mass is 10.1. The number of carbonyl (C=O) groups excluding carboxylic acids is 1. The van der Waals surface area contributed by atoms with Crippen LogP contribution in [0.3, 0.4) is 0 Å². The summed E-state index contributed by atoms with van der Waals surface area (Å²) in [6.45, 7) is 3.72. The smallest absolute Gasteiger partial charge is 0.235 e. The van der Waals surface area contributed by atoms with Gasteiger partial charge in [0.15, 0.2) is 5.16 Å². The maximum Gasteiger partial charge on any atom is 0.235 e. The van der Waals surface area contributed by atoms with Crippen LogP contribution in [-0.2, 0) is 4.79 Å². The largest absolute Gasteiger partial charge is 0.342 e. The number of benzene rings is 1. The minimum absolute atomic E-state index is 0.148. The number of piperidine rings is 1. The van der Waals surface area contributed by atoms with Crippen LogP contribution in [0.4, 0.5) is 0 Å². The third-order valence-electron chi connectivity index (χ3n) is 3.85. The first-order valence-corrected chi connectivity index (χ1v) is 8.54. The molecular weight excluding hydrogens is 296 g/mol. The molecule has 0 radical (unpaired) electrons. The molecule has 0 aliphatic carbocycles. The summed E-state index contributed by atoms with van der Waals surface area (Å²) in [5, 5.41) is 8.76. The van der Waals surface area contributed by atoms with E-state index >= 15 is 0 Å². The number of likely N-dealkylation sites (tertiary alicyclic amines) is 1. The van der Waals surface area contributed by atoms with Crippen LogP contribution in [-0.4, -0.2) is 43.9 Å². The molecule has 1 aliphatic heterocycles. The average molecular weight is 316 g/mol. The normalized spacial score (nSPS) is 16.5. The fraction of sp³-hybridized carbons (Fsp3) is 0.438. The topological polar surface area (TPSA) is 51.0 Å². The fourth-order valence-corrected chi connectivity index (χ4v) is 3.58. The highest BCUT2D eigenvalue weighted by Gasteiger charge is 2.24. The molecule has 6 heteroatoms. The van der Waals surface area contributed by atoms with Crippen molar-refractivity contribution in [3.05, 3.63) is 36.7 Å². The van der Waals surface area contributed by atoms with Gasteiger partial charge >= 0.3 is 0 Å². The second kappa shape index (κ2) is 6.96. The molecule has 1 fully saturated rings. The third kappa shape index (κ3) is 3.32. The Hall–Kier alpha value is -1.82. The highest BCUT2D eigenvalue weighted by atomic mass is 32.2. The van der Waals surface area contributed by atoms with E-state index in [1.807, 2.05) is 46.7 Å². The molecule has 2 aromatic rings. The Balaban J connectivity index is 1.71. The van der Waals surface area contributed by atoms with E-state index < -0.39 is 0 Å². The first-order valence-electron chi connectivity index (χ1n) is 7.66. The lowest BCUT2D eigenvalue weighted by Gasteiger charge is -2.28. The summed E-state index contributed by atoms with van der Waals surface area (Å²) in [5.41, 5.74) is 1.01. The minimum Gasteiger partial charge on any atom is -0.342 e. The molecule has 1 aliphatic rings. The van der Waals surface area contributed by atoms with Gasteiger partial charge in [0.1, 0.15) is 6.33 Å². The quantitative estimate of drug-likeness (QED) is 0.814. The van der Waals surface area contributed by atoms with Crippen LogP contribution in [0, 0.1) is 0 Å². The van der Waals surface area contributed by atoms with Crippen LogP contribution in [0.15, 0.2) is 41.8 Å². The third-order valence-corrected chi connectivity index (χ3v) is 4.89. The molecule has 1 unspecified atom stereocenters. The molecule has 116 valence electrons. The van der Waals surface area contributed by atoms with Gasteiger partial charge in [-0.25, -0.2) is 0 Å². The van der Waals surface area contributed by atoms with Crippen molar-refractivity contribution < 1.29 is 4.79 Å². The van der Waals surface area contributed by atoms with Crippen molar-refractivity contribution in [2.24, 2.45) is 0 Å². The van der Waals surface area contributed by atoms with Gasteiger partial charge in [-0.1, -0.05) is 30.0 Å². The number of thioether (sulfide) groups is 1. The van der Waals surface area contributed by atoms with Gasteiger partial charge in [0.05, 0.1) is 5.25 Å². The summed E-state index contributed by atoms with van der Waals surface area (Å²) >= 11 is 1.47. The van der Waals surface area contributed by atoms with Gasteiger partial charge in [0.2, 0.25) is 5.91 Å². The highest BCUT2D eigenvalue weighted by Crippen LogP contribution is 2.25. The van der Waals surface area contributed by atoms with Crippen molar-refractivity contribution in [1.82, 2.24) is 19.7 Å². The summed E-state index contributed by atoms with van der Waals surface area (Å²) in [4.78, 5) is 14.5. The number of para-hydroxylation sites is 1. The maximum absolute atomic E-state index is 12.5. The van der Waals surface area contributed by atoms with E-state index in [-0.39, 0.29) is 11.2 Å². The Kier molecular flexibility index (Phi) is 4.77. The monoisotopic (exact) mass is 316 g/mol. The molecule has 0 bridgehead atoms. The molecular formula is C16H20N4OS. The van der Waals surface area contributed by atoms with Crippen molar-refractivity contribution in [2.75, 3.05) is 13.1 Å². The van der Waals surface area contributed by atoms with Crippen LogP contribution in [0.5, 0.6) is 0 Å². The predicted octanol–water partition coefficient (Wildman–Crippen LogP) is 2.76. The van der Waals surface area contributed by atoms with Crippen LogP contribution in [0.1, 0.15) is 26.2 Å². The first kappa shape index (κ1) is 15.1. The van der Waals surface area contributed by atoms with E-state index in [4.69, 9.17) is 0 Å². The molecule has 3 rings (SSSR count). The summed E-state index contributed by atoms with van der Waals surface area (Å²) in [6, 6.07) is 9.94. The Labute approximate surface area is 134 Å². The number of carbonyl (C=O) groups is 1. The van der Waals surface area contributed by atoms with Gasteiger partial charge in [-0.2, -0.15) is 0 Å². The zero-order valence-electron chi connectivity index (χ0n) is 12.7. The highest BCUT2D eigenvalue weighted by molar-refractivity contribution is 8.00. The van der Waals surface area contributed by atoms with E-state index in [1.165, 1.54) is 18.2 Å². The Bertz CT molecular complexity index is 622. The van der Waals surface area contributed by atoms with Gasteiger partial charge in [0.25, 0.3) is 0 Å². The van der Waals surface area contributed by atoms with E-state index in [9.17, 15) is 4.79 Å². The average Bonchev–Trinajstić information content (AvgIpc) is 3.04. The summed E-state index contributed by atoms with van der Waals surface area (Å²) in [5.74, 6) is 0.201. The lowest BCUT2D eigenvalue weighted by molar-refractivity contribution is -0.131. The molecule has 0 spiro atoms. The number of aromatic nitrogens is 3. The maximum atomic E-state index is 12.5. The Morgan fingerprint density at radius 2 is 1.91 bits per heavy atom. The second-order valence-electron chi connectivity index (χ2n) is 5.47. The molecule has 1 saturated heterocycles. The van der Waals surface area contributed by atoms with Crippen LogP contribution in [0.2, 0.25) is 0 Å². The zero-order valence-corrected chi connectivity index (χ0v) is 13.5. The second-order valence-corrected chi connectivity index (χ2v) is 6.77. The van der Waals surface area contributed by atoms with Crippen molar-refractivity contribution >= 4 is 17.7 Å². The molecule has 2 heterocycles. The molecule has 0 saturated carbocycles. The van der Waals surface area contributed by atoms with Gasteiger partial charge in [-0.15, -0.1) is 10.2 Å². The minimum atomic E-state index is -0.148. The molecule has 0 N–H and O–H groups in total. The molecule has 1 amide bonds. The number of hydrogen-bond donors (Lipinski definition) is 0. The Morgan fingerprint density at radius 1 is 1.18 bits per heavy atom. The fourth-order valence-electron chi connectivity index (χ4n) is 2.65. The van der Waals surface area contributed by atoms with Gasteiger partial charge in [0, 0.05) is 18.8 Å². The first-order chi connectivity index (χ1) is 10.8. The van der Waals surface area contributed by atoms with Crippen LogP contribution >= 0.6 is 11.8 Å². The van der Waals surface area contributed by atoms with Crippen molar-refractivity contribution in [3.63, 3.8) is 0 Å². The summed E-state index contributed by atoms with van der Waals surface area (Å²) in [6.07, 6.45) is 5.15. The van der Waals surface area contributed by atoms with Crippen molar-refractivity contribution in [2.45, 2.75) is 36.6 Å². The number of hydrogen-bond acceptors (Lipinski definition) is 4. The SMILES string of the molecule is CC(Sc1nncn1-c1ccccc1)C(=O)N1CCCCC1. The summed E-state index contributed by atoms with van der Waals surface area (Å²) in [7, 11) is 0. The van der Waals surface area contributed by atoms with Crippen LogP contribution in [0.25, 0.3) is 5.69 Å². The molecule has 22 heavy (non-hydrogen) atoms. The van der Waals surface area contributed by atoms with Gasteiger partial charge < -0.3 is 4.90 Å². The zero-order chi connectivity index (χ0) is 15.4. The predicted molar refractivity (Wildman–Crippen MR) is 87.1 cm³/mol. The van der Waals surface area contributed by atoms with E-state index in [0.717, 1.165) is 36.8 Å². The van der Waals surface area contributed by atoms with E-state index in [0.29, 0.717) is 0 Å². The van der Waals surface area contributed by atoms with Gasteiger partial charge in [-0.3, -0.25) is 9.36 Å². The molecule has 1 aromatic carbocycles. The molecule has 1 aromatic heterocycles. The number of nitrogens with zero attached hydrogens (tertiary/aromatic N) is 4. The Morgan fingerprint density at radius 3 is 2.64 bits per heavy atom. The van der Waals surface area contributed by atoms with Gasteiger partial charge in [-0.05, 0) is 38.3 Å². The van der Waals surface area contributed by atoms with Crippen LogP contribution < -0.4 is 0 Å². The standard InChI is InChI=1S/C16H20N4OS/c1-13(15(21)19-10-6-3-7-11-19)22-16-18-17-12-20(16)14-8-4-2-5-9-14/h2,4-5,8-9,12-13H,3,6-7,10-11H2,1H3. The van der Waals surface area contributed by atoms with E-state index in [1.54, 1.807) is 6.33 Å². The molecule has 1 atom stereocenters. The lowest BCUT2D eigenvalue weighted by Crippen LogP contribution is -2.40. The number of amides is 1.